The van der Waals surface area contributed by atoms with Gasteiger partial charge < -0.3 is 10.0 Å². The molecule has 0 aliphatic heterocycles. The molecule has 0 saturated heterocycles. The van der Waals surface area contributed by atoms with E-state index in [1.54, 1.807) is 6.07 Å². The van der Waals surface area contributed by atoms with Crippen molar-refractivity contribution >= 4 is 23.0 Å². The number of benzene rings is 1. The number of halogens is 1. The third-order valence-corrected chi connectivity index (χ3v) is 3.92. The highest BCUT2D eigenvalue weighted by Gasteiger charge is 2.32. The lowest BCUT2D eigenvalue weighted by molar-refractivity contribution is -0.384. The van der Waals surface area contributed by atoms with E-state index in [1.807, 2.05) is 11.9 Å². The van der Waals surface area contributed by atoms with Gasteiger partial charge in [-0.05, 0) is 18.9 Å². The van der Waals surface area contributed by atoms with Gasteiger partial charge in [0.05, 0.1) is 21.2 Å². The summed E-state index contributed by atoms with van der Waals surface area (Å²) in [5.41, 5.74) is 0.00848. The van der Waals surface area contributed by atoms with Gasteiger partial charge in [-0.2, -0.15) is 0 Å². The number of rotatable bonds is 4. The minimum Gasteiger partial charge on any atom is -0.388 e. The van der Waals surface area contributed by atoms with Crippen molar-refractivity contribution in [2.75, 3.05) is 18.5 Å². The molecule has 1 aliphatic carbocycles. The molecule has 5 nitrogen and oxygen atoms in total. The quantitative estimate of drug-likeness (QED) is 0.682. The maximum Gasteiger partial charge on any atom is 0.271 e. The molecule has 19 heavy (non-hydrogen) atoms. The average Bonchev–Trinajstić information content (AvgIpc) is 2.75. The highest BCUT2D eigenvalue weighted by Crippen LogP contribution is 2.34. The zero-order valence-corrected chi connectivity index (χ0v) is 11.6. The number of non-ortho nitro benzene ring substituents is 1. The van der Waals surface area contributed by atoms with Crippen LogP contribution in [0, 0.1) is 10.1 Å². The minimum atomic E-state index is -0.667. The number of anilines is 1. The Bertz CT molecular complexity index is 487. The van der Waals surface area contributed by atoms with Crippen molar-refractivity contribution in [3.05, 3.63) is 33.3 Å². The van der Waals surface area contributed by atoms with Crippen LogP contribution in [0.15, 0.2) is 18.2 Å². The first-order chi connectivity index (χ1) is 8.91. The molecular weight excluding hydrogens is 268 g/mol. The van der Waals surface area contributed by atoms with Crippen LogP contribution >= 0.6 is 11.6 Å². The van der Waals surface area contributed by atoms with E-state index in [4.69, 9.17) is 11.6 Å². The third-order valence-electron chi connectivity index (χ3n) is 3.62. The van der Waals surface area contributed by atoms with Crippen LogP contribution in [0.5, 0.6) is 0 Å². The summed E-state index contributed by atoms with van der Waals surface area (Å²) in [5, 5.41) is 21.4. The molecule has 0 heterocycles. The summed E-state index contributed by atoms with van der Waals surface area (Å²) >= 11 is 6.07. The number of hydrogen-bond donors (Lipinski definition) is 1. The molecule has 1 fully saturated rings. The largest absolute Gasteiger partial charge is 0.388 e. The summed E-state index contributed by atoms with van der Waals surface area (Å²) in [5.74, 6) is 0. The van der Waals surface area contributed by atoms with Crippen LogP contribution in [0.3, 0.4) is 0 Å². The molecule has 1 aromatic rings. The van der Waals surface area contributed by atoms with Crippen LogP contribution in [0.1, 0.15) is 25.7 Å². The van der Waals surface area contributed by atoms with Crippen LogP contribution in [0.25, 0.3) is 0 Å². The molecule has 0 bridgehead atoms. The van der Waals surface area contributed by atoms with E-state index >= 15 is 0 Å². The van der Waals surface area contributed by atoms with Gasteiger partial charge in [0.25, 0.3) is 5.69 Å². The van der Waals surface area contributed by atoms with E-state index in [1.165, 1.54) is 12.1 Å². The molecule has 0 unspecified atom stereocenters. The molecule has 1 aromatic carbocycles. The van der Waals surface area contributed by atoms with Crippen molar-refractivity contribution in [3.63, 3.8) is 0 Å². The number of nitro groups is 1. The summed E-state index contributed by atoms with van der Waals surface area (Å²) < 4.78 is 0. The van der Waals surface area contributed by atoms with Crippen LogP contribution in [-0.4, -0.2) is 29.2 Å². The normalized spacial score (nSPS) is 17.4. The van der Waals surface area contributed by atoms with Crippen molar-refractivity contribution < 1.29 is 10.0 Å². The average molecular weight is 285 g/mol. The van der Waals surface area contributed by atoms with Crippen molar-refractivity contribution in [1.29, 1.82) is 0 Å². The fraction of sp³-hybridized carbons (Fsp3) is 0.538. The second-order valence-corrected chi connectivity index (χ2v) is 5.59. The fourth-order valence-corrected chi connectivity index (χ4v) is 2.96. The van der Waals surface area contributed by atoms with Gasteiger partial charge in [0.2, 0.25) is 0 Å². The highest BCUT2D eigenvalue weighted by molar-refractivity contribution is 6.33. The molecule has 1 N–H and O–H groups in total. The number of hydrogen-bond acceptors (Lipinski definition) is 4. The molecule has 6 heteroatoms. The Morgan fingerprint density at radius 2 is 2.11 bits per heavy atom. The van der Waals surface area contributed by atoms with Gasteiger partial charge in [-0.25, -0.2) is 0 Å². The number of nitro benzene ring substituents is 1. The lowest BCUT2D eigenvalue weighted by atomic mass is 10.0. The second-order valence-electron chi connectivity index (χ2n) is 5.18. The van der Waals surface area contributed by atoms with Gasteiger partial charge in [-0.3, -0.25) is 10.1 Å². The lowest BCUT2D eigenvalue weighted by Gasteiger charge is -2.30. The smallest absolute Gasteiger partial charge is 0.271 e. The second kappa shape index (κ2) is 5.35. The fourth-order valence-electron chi connectivity index (χ4n) is 2.64. The summed E-state index contributed by atoms with van der Waals surface area (Å²) in [6, 6.07) is 4.39. The molecule has 104 valence electrons. The molecule has 0 aromatic heterocycles. The Hall–Kier alpha value is -1.33. The minimum absolute atomic E-state index is 0.0262. The Labute approximate surface area is 116 Å². The van der Waals surface area contributed by atoms with Crippen molar-refractivity contribution in [2.45, 2.75) is 31.3 Å². The topological polar surface area (TPSA) is 66.6 Å². The predicted octanol–water partition coefficient (Wildman–Crippen LogP) is 2.99. The Balaban J connectivity index is 2.15. The SMILES string of the molecule is CN(CC1(O)CCCC1)c1ccc([N+](=O)[O-])cc1Cl. The first-order valence-corrected chi connectivity index (χ1v) is 6.67. The Morgan fingerprint density at radius 3 is 2.63 bits per heavy atom. The van der Waals surface area contributed by atoms with Gasteiger partial charge in [-0.1, -0.05) is 24.4 Å². The van der Waals surface area contributed by atoms with Crippen LogP contribution < -0.4 is 4.90 Å². The summed E-state index contributed by atoms with van der Waals surface area (Å²) in [6.07, 6.45) is 3.67. The summed E-state index contributed by atoms with van der Waals surface area (Å²) in [6.45, 7) is 0.491. The highest BCUT2D eigenvalue weighted by atomic mass is 35.5. The maximum atomic E-state index is 10.7. The van der Waals surface area contributed by atoms with E-state index in [2.05, 4.69) is 0 Å². The lowest BCUT2D eigenvalue weighted by Crippen LogP contribution is -2.39. The zero-order chi connectivity index (χ0) is 14.0. The van der Waals surface area contributed by atoms with Crippen molar-refractivity contribution in [2.24, 2.45) is 0 Å². The van der Waals surface area contributed by atoms with E-state index in [0.29, 0.717) is 17.3 Å². The number of aliphatic hydroxyl groups is 1. The van der Waals surface area contributed by atoms with E-state index < -0.39 is 10.5 Å². The Morgan fingerprint density at radius 1 is 1.47 bits per heavy atom. The van der Waals surface area contributed by atoms with E-state index in [9.17, 15) is 15.2 Å². The molecule has 2 rings (SSSR count). The van der Waals surface area contributed by atoms with Gasteiger partial charge >= 0.3 is 0 Å². The van der Waals surface area contributed by atoms with E-state index in [-0.39, 0.29) is 5.69 Å². The van der Waals surface area contributed by atoms with Crippen molar-refractivity contribution in [1.82, 2.24) is 0 Å². The molecule has 1 saturated carbocycles. The zero-order valence-electron chi connectivity index (χ0n) is 10.8. The predicted molar refractivity (Wildman–Crippen MR) is 74.8 cm³/mol. The first kappa shape index (κ1) is 14.1. The third kappa shape index (κ3) is 3.16. The van der Waals surface area contributed by atoms with Crippen LogP contribution in [0.2, 0.25) is 5.02 Å². The first-order valence-electron chi connectivity index (χ1n) is 6.29. The van der Waals surface area contributed by atoms with Gasteiger partial charge in [0, 0.05) is 25.7 Å². The molecule has 0 radical (unpaired) electrons. The number of likely N-dealkylation sites (N-methyl/N-ethyl adjacent to an activating group) is 1. The standard InChI is InChI=1S/C13H17ClN2O3/c1-15(9-13(17)6-2-3-7-13)12-5-4-10(16(18)19)8-11(12)14/h4-5,8,17H,2-3,6-7,9H2,1H3. The molecule has 0 spiro atoms. The molecule has 1 aliphatic rings. The van der Waals surface area contributed by atoms with Gasteiger partial charge in [0.15, 0.2) is 0 Å². The van der Waals surface area contributed by atoms with E-state index in [0.717, 1.165) is 25.7 Å². The van der Waals surface area contributed by atoms with Crippen molar-refractivity contribution in [3.8, 4) is 0 Å². The molecule has 0 atom stereocenters. The molecular formula is C13H17ClN2O3. The Kier molecular flexibility index (Phi) is 3.96. The van der Waals surface area contributed by atoms with Gasteiger partial charge in [0.1, 0.15) is 0 Å². The number of nitrogens with zero attached hydrogens (tertiary/aromatic N) is 2. The van der Waals surface area contributed by atoms with Crippen LogP contribution in [-0.2, 0) is 0 Å². The van der Waals surface area contributed by atoms with Crippen LogP contribution in [0.4, 0.5) is 11.4 Å². The molecule has 0 amide bonds. The maximum absolute atomic E-state index is 10.7. The summed E-state index contributed by atoms with van der Waals surface area (Å²) in [4.78, 5) is 12.0. The summed E-state index contributed by atoms with van der Waals surface area (Å²) in [7, 11) is 1.84. The van der Waals surface area contributed by atoms with Gasteiger partial charge in [-0.15, -0.1) is 0 Å². The monoisotopic (exact) mass is 284 g/mol.